The maximum absolute atomic E-state index is 14.0. The molecule has 0 aliphatic heterocycles. The molecule has 0 saturated carbocycles. The molecule has 0 atom stereocenters. The Morgan fingerprint density at radius 3 is 2.55 bits per heavy atom. The predicted octanol–water partition coefficient (Wildman–Crippen LogP) is 5.56. The van der Waals surface area contributed by atoms with E-state index in [1.54, 1.807) is 24.4 Å². The fraction of sp³-hybridized carbons (Fsp3) is 0.227. The summed E-state index contributed by atoms with van der Waals surface area (Å²) in [5.41, 5.74) is 3.64. The van der Waals surface area contributed by atoms with Crippen molar-refractivity contribution in [2.24, 2.45) is 0 Å². The van der Waals surface area contributed by atoms with E-state index < -0.39 is 0 Å². The smallest absolute Gasteiger partial charge is 0.277 e. The first-order valence-electron chi connectivity index (χ1n) is 9.53. The van der Waals surface area contributed by atoms with E-state index >= 15 is 0 Å². The maximum atomic E-state index is 14.0. The largest absolute Gasteiger partial charge is 0.411 e. The zero-order chi connectivity index (χ0) is 20.2. The van der Waals surface area contributed by atoms with Crippen LogP contribution in [0.15, 0.2) is 64.4 Å². The highest BCUT2D eigenvalue weighted by Crippen LogP contribution is 2.29. The number of hydrogen-bond acceptors (Lipinski definition) is 6. The molecule has 7 heteroatoms. The van der Waals surface area contributed by atoms with E-state index in [0.717, 1.165) is 24.2 Å². The number of pyridine rings is 1. The number of aromatic nitrogens is 3. The first kappa shape index (κ1) is 19.4. The minimum Gasteiger partial charge on any atom is -0.411 e. The molecule has 0 spiro atoms. The molecule has 0 unspecified atom stereocenters. The van der Waals surface area contributed by atoms with Crippen molar-refractivity contribution in [3.63, 3.8) is 0 Å². The Hall–Kier alpha value is -2.93. The van der Waals surface area contributed by atoms with Crippen molar-refractivity contribution in [1.82, 2.24) is 15.2 Å². The van der Waals surface area contributed by atoms with Crippen molar-refractivity contribution in [2.75, 3.05) is 18.0 Å². The van der Waals surface area contributed by atoms with Crippen LogP contribution in [0.1, 0.15) is 19.4 Å². The molecule has 0 fully saturated rings. The van der Waals surface area contributed by atoms with Crippen LogP contribution in [-0.4, -0.2) is 28.3 Å². The Kier molecular flexibility index (Phi) is 5.76. The Morgan fingerprint density at radius 1 is 1.00 bits per heavy atom. The summed E-state index contributed by atoms with van der Waals surface area (Å²) >= 11 is 1.41. The van der Waals surface area contributed by atoms with Crippen LogP contribution in [0, 0.1) is 5.82 Å². The minimum atomic E-state index is -0.268. The molecule has 148 valence electrons. The van der Waals surface area contributed by atoms with Crippen LogP contribution in [0.3, 0.4) is 0 Å². The third-order valence-corrected chi connectivity index (χ3v) is 5.67. The van der Waals surface area contributed by atoms with E-state index in [9.17, 15) is 4.39 Å². The molecule has 4 rings (SSSR count). The van der Waals surface area contributed by atoms with Gasteiger partial charge in [-0.1, -0.05) is 17.8 Å². The number of rotatable bonds is 7. The number of halogens is 1. The van der Waals surface area contributed by atoms with Gasteiger partial charge in [-0.05, 0) is 61.9 Å². The van der Waals surface area contributed by atoms with Crippen LogP contribution in [0.4, 0.5) is 10.1 Å². The van der Waals surface area contributed by atoms with E-state index in [-0.39, 0.29) is 5.82 Å². The molecule has 0 bridgehead atoms. The van der Waals surface area contributed by atoms with E-state index in [0.29, 0.717) is 27.8 Å². The van der Waals surface area contributed by atoms with Crippen molar-refractivity contribution in [2.45, 2.75) is 24.8 Å². The normalized spacial score (nSPS) is 11.1. The molecule has 0 aliphatic rings. The number of nitrogens with zero attached hydrogens (tertiary/aromatic N) is 4. The zero-order valence-corrected chi connectivity index (χ0v) is 17.1. The molecule has 2 aromatic heterocycles. The molecular formula is C22H21FN4OS. The molecule has 0 N–H and O–H groups in total. The van der Waals surface area contributed by atoms with E-state index in [2.05, 4.69) is 46.1 Å². The van der Waals surface area contributed by atoms with Gasteiger partial charge in [0.25, 0.3) is 5.22 Å². The van der Waals surface area contributed by atoms with Crippen molar-refractivity contribution < 1.29 is 8.81 Å². The summed E-state index contributed by atoms with van der Waals surface area (Å²) in [5.74, 6) is 0.784. The monoisotopic (exact) mass is 408 g/mol. The molecule has 5 nitrogen and oxygen atoms in total. The lowest BCUT2D eigenvalue weighted by Crippen LogP contribution is -2.21. The summed E-state index contributed by atoms with van der Waals surface area (Å²) in [5, 5.41) is 9.29. The molecule has 2 aromatic carbocycles. The second-order valence-electron chi connectivity index (χ2n) is 6.49. The number of anilines is 1. The van der Waals surface area contributed by atoms with Crippen molar-refractivity contribution >= 4 is 28.4 Å². The summed E-state index contributed by atoms with van der Waals surface area (Å²) < 4.78 is 19.8. The van der Waals surface area contributed by atoms with Gasteiger partial charge in [-0.2, -0.15) is 0 Å². The van der Waals surface area contributed by atoms with Crippen LogP contribution >= 0.6 is 11.8 Å². The summed E-state index contributed by atoms with van der Waals surface area (Å²) in [6.07, 6.45) is 1.67. The van der Waals surface area contributed by atoms with E-state index in [1.807, 2.05) is 12.1 Å². The Morgan fingerprint density at radius 2 is 1.79 bits per heavy atom. The molecule has 0 radical (unpaired) electrons. The van der Waals surface area contributed by atoms with Crippen molar-refractivity contribution in [1.29, 1.82) is 0 Å². The van der Waals surface area contributed by atoms with Gasteiger partial charge < -0.3 is 9.32 Å². The minimum absolute atomic E-state index is 0.268. The van der Waals surface area contributed by atoms with Gasteiger partial charge in [0.15, 0.2) is 0 Å². The molecular weight excluding hydrogens is 387 g/mol. The summed E-state index contributed by atoms with van der Waals surface area (Å²) in [6, 6.07) is 14.8. The Bertz CT molecular complexity index is 1110. The topological polar surface area (TPSA) is 55.1 Å². The molecule has 2 heterocycles. The molecule has 4 aromatic rings. The fourth-order valence-corrected chi connectivity index (χ4v) is 3.99. The zero-order valence-electron chi connectivity index (χ0n) is 16.3. The van der Waals surface area contributed by atoms with Gasteiger partial charge in [-0.25, -0.2) is 4.39 Å². The highest BCUT2D eigenvalue weighted by molar-refractivity contribution is 7.98. The summed E-state index contributed by atoms with van der Waals surface area (Å²) in [4.78, 5) is 6.60. The summed E-state index contributed by atoms with van der Waals surface area (Å²) in [6.45, 7) is 6.20. The van der Waals surface area contributed by atoms with Crippen LogP contribution in [0.2, 0.25) is 0 Å². The third-order valence-electron chi connectivity index (χ3n) is 4.80. The number of hydrogen-bond donors (Lipinski definition) is 0. The van der Waals surface area contributed by atoms with Crippen LogP contribution in [0.25, 0.3) is 22.4 Å². The fourth-order valence-electron chi connectivity index (χ4n) is 3.24. The van der Waals surface area contributed by atoms with Gasteiger partial charge in [0.2, 0.25) is 5.89 Å². The van der Waals surface area contributed by atoms with Gasteiger partial charge in [-0.3, -0.25) is 4.98 Å². The number of fused-ring (bicyclic) bond motifs is 1. The maximum Gasteiger partial charge on any atom is 0.277 e. The molecule has 0 amide bonds. The average Bonchev–Trinajstić information content (AvgIpc) is 3.24. The quantitative estimate of drug-likeness (QED) is 0.373. The van der Waals surface area contributed by atoms with Crippen molar-refractivity contribution in [3.05, 3.63) is 66.1 Å². The van der Waals surface area contributed by atoms with Crippen molar-refractivity contribution in [3.8, 4) is 11.5 Å². The Labute approximate surface area is 173 Å². The van der Waals surface area contributed by atoms with Crippen LogP contribution in [0.5, 0.6) is 0 Å². The van der Waals surface area contributed by atoms with Gasteiger partial charge >= 0.3 is 0 Å². The van der Waals surface area contributed by atoms with E-state index in [1.165, 1.54) is 23.5 Å². The number of thioether (sulfide) groups is 1. The standard InChI is InChI=1S/C22H21FN4OS/c1-3-27(4-2)17-10-7-15(8-11-17)21-25-26-22(28-21)29-14-16-9-12-19(23)18-6-5-13-24-20(16)18/h5-13H,3-4,14H2,1-2H3. The van der Waals surface area contributed by atoms with E-state index in [4.69, 9.17) is 4.42 Å². The van der Waals surface area contributed by atoms with Crippen LogP contribution in [-0.2, 0) is 5.75 Å². The van der Waals surface area contributed by atoms with Gasteiger partial charge in [0.1, 0.15) is 5.82 Å². The van der Waals surface area contributed by atoms with Gasteiger partial charge in [0, 0.05) is 41.7 Å². The molecule has 29 heavy (non-hydrogen) atoms. The average molecular weight is 409 g/mol. The lowest BCUT2D eigenvalue weighted by molar-refractivity contribution is 0.466. The molecule has 0 saturated heterocycles. The lowest BCUT2D eigenvalue weighted by atomic mass is 10.1. The highest BCUT2D eigenvalue weighted by Gasteiger charge is 2.12. The van der Waals surface area contributed by atoms with Crippen LogP contribution < -0.4 is 4.90 Å². The highest BCUT2D eigenvalue weighted by atomic mass is 32.2. The lowest BCUT2D eigenvalue weighted by Gasteiger charge is -2.20. The van der Waals surface area contributed by atoms with Gasteiger partial charge in [0.05, 0.1) is 5.52 Å². The second-order valence-corrected chi connectivity index (χ2v) is 7.41. The predicted molar refractivity (Wildman–Crippen MR) is 115 cm³/mol. The SMILES string of the molecule is CCN(CC)c1ccc(-c2nnc(SCc3ccc(F)c4cccnc34)o2)cc1. The second kappa shape index (κ2) is 8.61. The Balaban J connectivity index is 1.48. The third kappa shape index (κ3) is 4.10. The number of benzene rings is 2. The first-order chi connectivity index (χ1) is 14.2. The molecule has 0 aliphatic carbocycles. The van der Waals surface area contributed by atoms with Gasteiger partial charge in [-0.15, -0.1) is 10.2 Å². The first-order valence-corrected chi connectivity index (χ1v) is 10.5. The summed E-state index contributed by atoms with van der Waals surface area (Å²) in [7, 11) is 0.